The fraction of sp³-hybridized carbons (Fsp3) is 0.500. The summed E-state index contributed by atoms with van der Waals surface area (Å²) in [7, 11) is -3.61. The molecule has 0 N–H and O–H groups in total. The van der Waals surface area contributed by atoms with E-state index in [-0.39, 0.29) is 5.78 Å². The van der Waals surface area contributed by atoms with Gasteiger partial charge in [0.25, 0.3) is 0 Å². The molecule has 2 aliphatic rings. The molecular weight excluding hydrogens is 292 g/mol. The monoisotopic (exact) mass is 310 g/mol. The summed E-state index contributed by atoms with van der Waals surface area (Å²) in [4.78, 5) is 12.1. The molecule has 0 unspecified atom stereocenters. The van der Waals surface area contributed by atoms with Gasteiger partial charge in [-0.2, -0.15) is 12.7 Å². The first kappa shape index (κ1) is 14.5. The van der Waals surface area contributed by atoms with Crippen LogP contribution < -0.4 is 4.31 Å². The molecule has 6 nitrogen and oxygen atoms in total. The summed E-state index contributed by atoms with van der Waals surface area (Å²) in [5.74, 6) is 0.00489. The summed E-state index contributed by atoms with van der Waals surface area (Å²) < 4.78 is 33.7. The van der Waals surface area contributed by atoms with Crippen molar-refractivity contribution in [1.82, 2.24) is 4.31 Å². The quantitative estimate of drug-likeness (QED) is 0.819. The van der Waals surface area contributed by atoms with Gasteiger partial charge in [-0.3, -0.25) is 9.10 Å². The standard InChI is InChI=1S/C14H18N2O4S/c17-14-6-3-7-16(13-5-2-1-4-12(13)14)21(18,19)15-8-10-20-11-9-15/h1-2,4-5H,3,6-11H2. The fourth-order valence-corrected chi connectivity index (χ4v) is 4.38. The topological polar surface area (TPSA) is 66.9 Å². The van der Waals surface area contributed by atoms with E-state index in [1.165, 1.54) is 8.61 Å². The maximum Gasteiger partial charge on any atom is 0.304 e. The lowest BCUT2D eigenvalue weighted by molar-refractivity contribution is 0.0729. The molecule has 1 aromatic carbocycles. The number of carbonyl (C=O) groups is 1. The SMILES string of the molecule is O=C1CCCN(S(=O)(=O)N2CCOCC2)c2ccccc21. The van der Waals surface area contributed by atoms with E-state index in [1.54, 1.807) is 24.3 Å². The zero-order valence-electron chi connectivity index (χ0n) is 11.7. The Hall–Kier alpha value is -1.44. The minimum Gasteiger partial charge on any atom is -0.379 e. The lowest BCUT2D eigenvalue weighted by Crippen LogP contribution is -2.49. The number of hydrogen-bond donors (Lipinski definition) is 0. The highest BCUT2D eigenvalue weighted by Crippen LogP contribution is 2.29. The van der Waals surface area contributed by atoms with Crippen molar-refractivity contribution in [2.45, 2.75) is 12.8 Å². The van der Waals surface area contributed by atoms with E-state index in [0.717, 1.165) is 0 Å². The normalized spacial score (nSPS) is 21.0. The number of fused-ring (bicyclic) bond motifs is 1. The molecule has 2 aliphatic heterocycles. The molecule has 114 valence electrons. The number of anilines is 1. The van der Waals surface area contributed by atoms with E-state index < -0.39 is 10.2 Å². The van der Waals surface area contributed by atoms with Crippen LogP contribution in [-0.4, -0.2) is 51.4 Å². The molecule has 1 saturated heterocycles. The first-order valence-electron chi connectivity index (χ1n) is 7.08. The predicted octanol–water partition coefficient (Wildman–Crippen LogP) is 1.05. The Balaban J connectivity index is 2.01. The molecule has 1 aromatic rings. The van der Waals surface area contributed by atoms with E-state index >= 15 is 0 Å². The number of benzene rings is 1. The Labute approximate surface area is 124 Å². The summed E-state index contributed by atoms with van der Waals surface area (Å²) in [6.07, 6.45) is 0.920. The maximum absolute atomic E-state index is 12.8. The average molecular weight is 310 g/mol. The summed E-state index contributed by atoms with van der Waals surface area (Å²) in [6.45, 7) is 1.87. The largest absolute Gasteiger partial charge is 0.379 e. The number of nitrogens with zero attached hydrogens (tertiary/aromatic N) is 2. The first-order chi connectivity index (χ1) is 10.1. The van der Waals surface area contributed by atoms with Gasteiger partial charge in [-0.25, -0.2) is 0 Å². The summed E-state index contributed by atoms with van der Waals surface area (Å²) in [5.41, 5.74) is 0.985. The third kappa shape index (κ3) is 2.68. The molecule has 0 atom stereocenters. The number of rotatable bonds is 2. The van der Waals surface area contributed by atoms with Crippen LogP contribution in [0.3, 0.4) is 0 Å². The van der Waals surface area contributed by atoms with Crippen molar-refractivity contribution in [3.8, 4) is 0 Å². The Kier molecular flexibility index (Phi) is 3.97. The van der Waals surface area contributed by atoms with Crippen LogP contribution in [0.25, 0.3) is 0 Å². The lowest BCUT2D eigenvalue weighted by Gasteiger charge is -2.33. The predicted molar refractivity (Wildman–Crippen MR) is 78.7 cm³/mol. The highest BCUT2D eigenvalue weighted by atomic mass is 32.2. The highest BCUT2D eigenvalue weighted by molar-refractivity contribution is 7.90. The third-order valence-electron chi connectivity index (χ3n) is 3.81. The van der Waals surface area contributed by atoms with Crippen LogP contribution in [0.2, 0.25) is 0 Å². The molecule has 0 aromatic heterocycles. The maximum atomic E-state index is 12.8. The molecule has 0 saturated carbocycles. The molecule has 0 aliphatic carbocycles. The first-order valence-corrected chi connectivity index (χ1v) is 8.48. The van der Waals surface area contributed by atoms with Crippen molar-refractivity contribution in [2.75, 3.05) is 37.2 Å². The van der Waals surface area contributed by atoms with Crippen LogP contribution in [0, 0.1) is 0 Å². The van der Waals surface area contributed by atoms with Gasteiger partial charge < -0.3 is 4.74 Å². The van der Waals surface area contributed by atoms with Crippen LogP contribution in [0.5, 0.6) is 0 Å². The van der Waals surface area contributed by atoms with Crippen LogP contribution in [0.15, 0.2) is 24.3 Å². The number of hydrogen-bond acceptors (Lipinski definition) is 4. The Morgan fingerprint density at radius 2 is 1.76 bits per heavy atom. The second kappa shape index (κ2) is 5.75. The fourth-order valence-electron chi connectivity index (χ4n) is 2.72. The van der Waals surface area contributed by atoms with E-state index in [4.69, 9.17) is 4.74 Å². The number of morpholine rings is 1. The Morgan fingerprint density at radius 1 is 1.05 bits per heavy atom. The minimum atomic E-state index is -3.61. The molecule has 1 fully saturated rings. The molecule has 0 amide bonds. The van der Waals surface area contributed by atoms with E-state index in [2.05, 4.69) is 0 Å². The van der Waals surface area contributed by atoms with Crippen LogP contribution >= 0.6 is 0 Å². The molecule has 0 radical (unpaired) electrons. The van der Waals surface area contributed by atoms with Gasteiger partial charge in [-0.1, -0.05) is 12.1 Å². The van der Waals surface area contributed by atoms with Crippen molar-refractivity contribution in [2.24, 2.45) is 0 Å². The average Bonchev–Trinajstić information content (AvgIpc) is 2.68. The molecule has 3 rings (SSSR count). The molecule has 0 spiro atoms. The lowest BCUT2D eigenvalue weighted by atomic mass is 10.1. The number of para-hydroxylation sites is 1. The molecule has 7 heteroatoms. The van der Waals surface area contributed by atoms with Gasteiger partial charge in [0.15, 0.2) is 5.78 Å². The van der Waals surface area contributed by atoms with Crippen LogP contribution in [0.4, 0.5) is 5.69 Å². The zero-order chi connectivity index (χ0) is 14.9. The van der Waals surface area contributed by atoms with Crippen molar-refractivity contribution in [3.05, 3.63) is 29.8 Å². The van der Waals surface area contributed by atoms with Gasteiger partial charge in [-0.05, 0) is 18.6 Å². The van der Waals surface area contributed by atoms with E-state index in [1.807, 2.05) is 0 Å². The Bertz CT molecular complexity index is 638. The number of ether oxygens (including phenoxy) is 1. The van der Waals surface area contributed by atoms with Crippen LogP contribution in [-0.2, 0) is 14.9 Å². The minimum absolute atomic E-state index is 0.00489. The number of Topliss-reactive ketones (excluding diaryl/α,β-unsaturated/α-hetero) is 1. The second-order valence-electron chi connectivity index (χ2n) is 5.14. The van der Waals surface area contributed by atoms with E-state index in [9.17, 15) is 13.2 Å². The van der Waals surface area contributed by atoms with Gasteiger partial charge in [0.1, 0.15) is 0 Å². The number of carbonyl (C=O) groups excluding carboxylic acids is 1. The Morgan fingerprint density at radius 3 is 2.52 bits per heavy atom. The molecule has 2 heterocycles. The van der Waals surface area contributed by atoms with Crippen molar-refractivity contribution in [3.63, 3.8) is 0 Å². The van der Waals surface area contributed by atoms with Gasteiger partial charge in [0, 0.05) is 31.6 Å². The zero-order valence-corrected chi connectivity index (χ0v) is 12.5. The molecule has 0 bridgehead atoms. The van der Waals surface area contributed by atoms with Crippen LogP contribution in [0.1, 0.15) is 23.2 Å². The van der Waals surface area contributed by atoms with E-state index in [0.29, 0.717) is 56.9 Å². The molecule has 21 heavy (non-hydrogen) atoms. The number of ketones is 1. The third-order valence-corrected chi connectivity index (χ3v) is 5.77. The van der Waals surface area contributed by atoms with Crippen molar-refractivity contribution < 1.29 is 17.9 Å². The summed E-state index contributed by atoms with van der Waals surface area (Å²) >= 11 is 0. The van der Waals surface area contributed by atoms with Gasteiger partial charge in [-0.15, -0.1) is 0 Å². The van der Waals surface area contributed by atoms with Crippen molar-refractivity contribution >= 4 is 21.7 Å². The van der Waals surface area contributed by atoms with Gasteiger partial charge in [0.2, 0.25) is 0 Å². The van der Waals surface area contributed by atoms with Gasteiger partial charge in [0.05, 0.1) is 18.9 Å². The summed E-state index contributed by atoms with van der Waals surface area (Å²) in [5, 5.41) is 0. The summed E-state index contributed by atoms with van der Waals surface area (Å²) in [6, 6.07) is 6.93. The second-order valence-corrected chi connectivity index (χ2v) is 6.99. The molecular formula is C14H18N2O4S. The smallest absolute Gasteiger partial charge is 0.304 e. The van der Waals surface area contributed by atoms with Crippen molar-refractivity contribution in [1.29, 1.82) is 0 Å². The highest BCUT2D eigenvalue weighted by Gasteiger charge is 2.34. The van der Waals surface area contributed by atoms with Gasteiger partial charge >= 0.3 is 10.2 Å².